The maximum absolute atomic E-state index is 12.7. The number of urea groups is 1. The van der Waals surface area contributed by atoms with Crippen molar-refractivity contribution in [3.05, 3.63) is 89.5 Å². The molecule has 2 N–H and O–H groups in total. The molecular weight excluding hydrogens is 348 g/mol. The van der Waals surface area contributed by atoms with Gasteiger partial charge in [-0.05, 0) is 29.5 Å². The lowest BCUT2D eigenvalue weighted by atomic mass is 10.00. The van der Waals surface area contributed by atoms with E-state index in [1.807, 2.05) is 55.1 Å². The Balaban J connectivity index is 1.72. The van der Waals surface area contributed by atoms with Gasteiger partial charge in [0.2, 0.25) is 0 Å². The fourth-order valence-electron chi connectivity index (χ4n) is 3.22. The van der Waals surface area contributed by atoms with E-state index in [2.05, 4.69) is 53.7 Å². The number of nitrogens with one attached hydrogen (secondary N) is 2. The van der Waals surface area contributed by atoms with Crippen LogP contribution in [0.25, 0.3) is 0 Å². The first-order valence-corrected chi connectivity index (χ1v) is 9.64. The topological polar surface area (TPSA) is 59.0 Å². The van der Waals surface area contributed by atoms with E-state index in [4.69, 9.17) is 0 Å². The second-order valence-corrected chi connectivity index (χ2v) is 7.40. The number of carbonyl (C=O) groups is 1. The molecule has 3 rings (SSSR count). The summed E-state index contributed by atoms with van der Waals surface area (Å²) in [5.41, 5.74) is 3.35. The van der Waals surface area contributed by atoms with Crippen molar-refractivity contribution in [3.63, 3.8) is 0 Å². The first-order chi connectivity index (χ1) is 13.5. The van der Waals surface area contributed by atoms with Crippen molar-refractivity contribution in [2.24, 2.45) is 7.05 Å². The SMILES string of the molecule is CC(C)c1ccc([C@@H](C)NC(=O)N[C@H](c2ccccc2)c2nccn2C)cc1. The molecule has 0 bridgehead atoms. The molecule has 5 heteroatoms. The lowest BCUT2D eigenvalue weighted by Gasteiger charge is -2.22. The third kappa shape index (κ3) is 4.60. The van der Waals surface area contributed by atoms with Crippen molar-refractivity contribution in [1.29, 1.82) is 0 Å². The van der Waals surface area contributed by atoms with Gasteiger partial charge in [0.25, 0.3) is 0 Å². The Hall–Kier alpha value is -3.08. The fraction of sp³-hybridized carbons (Fsp3) is 0.304. The van der Waals surface area contributed by atoms with Gasteiger partial charge in [-0.3, -0.25) is 0 Å². The van der Waals surface area contributed by atoms with Gasteiger partial charge >= 0.3 is 6.03 Å². The molecule has 0 radical (unpaired) electrons. The molecule has 1 heterocycles. The Morgan fingerprint density at radius 3 is 2.11 bits per heavy atom. The van der Waals surface area contributed by atoms with E-state index in [1.54, 1.807) is 6.20 Å². The van der Waals surface area contributed by atoms with Crippen LogP contribution in [0.2, 0.25) is 0 Å². The van der Waals surface area contributed by atoms with Crippen LogP contribution in [0.3, 0.4) is 0 Å². The fourth-order valence-corrected chi connectivity index (χ4v) is 3.22. The summed E-state index contributed by atoms with van der Waals surface area (Å²) >= 11 is 0. The zero-order valence-electron chi connectivity index (χ0n) is 16.9. The van der Waals surface area contributed by atoms with Crippen LogP contribution in [0.5, 0.6) is 0 Å². The van der Waals surface area contributed by atoms with Crippen molar-refractivity contribution in [2.75, 3.05) is 0 Å². The summed E-state index contributed by atoms with van der Waals surface area (Å²) in [5.74, 6) is 1.28. The zero-order valence-corrected chi connectivity index (χ0v) is 16.9. The molecule has 0 spiro atoms. The predicted molar refractivity (Wildman–Crippen MR) is 112 cm³/mol. The Morgan fingerprint density at radius 1 is 0.893 bits per heavy atom. The van der Waals surface area contributed by atoms with Gasteiger partial charge in [0.1, 0.15) is 11.9 Å². The molecule has 146 valence electrons. The van der Waals surface area contributed by atoms with Crippen LogP contribution in [-0.4, -0.2) is 15.6 Å². The molecule has 0 fully saturated rings. The highest BCUT2D eigenvalue weighted by molar-refractivity contribution is 5.75. The summed E-state index contributed by atoms with van der Waals surface area (Å²) in [6.07, 6.45) is 3.62. The number of hydrogen-bond donors (Lipinski definition) is 2. The first kappa shape index (κ1) is 19.7. The van der Waals surface area contributed by atoms with Gasteiger partial charge in [-0.2, -0.15) is 0 Å². The summed E-state index contributed by atoms with van der Waals surface area (Å²) in [6.45, 7) is 6.33. The minimum Gasteiger partial charge on any atom is -0.336 e. The average molecular weight is 377 g/mol. The molecule has 0 aliphatic heterocycles. The molecule has 0 aliphatic carbocycles. The van der Waals surface area contributed by atoms with Crippen LogP contribution < -0.4 is 10.6 Å². The van der Waals surface area contributed by atoms with Crippen LogP contribution >= 0.6 is 0 Å². The van der Waals surface area contributed by atoms with Crippen molar-refractivity contribution < 1.29 is 4.79 Å². The molecule has 0 saturated heterocycles. The highest BCUT2D eigenvalue weighted by Gasteiger charge is 2.21. The Labute approximate surface area is 166 Å². The minimum atomic E-state index is -0.322. The number of hydrogen-bond acceptors (Lipinski definition) is 2. The van der Waals surface area contributed by atoms with Gasteiger partial charge in [-0.15, -0.1) is 0 Å². The largest absolute Gasteiger partial charge is 0.336 e. The number of aryl methyl sites for hydroxylation is 1. The number of amides is 2. The third-order valence-corrected chi connectivity index (χ3v) is 4.98. The summed E-state index contributed by atoms with van der Waals surface area (Å²) in [7, 11) is 1.93. The molecule has 28 heavy (non-hydrogen) atoms. The van der Waals surface area contributed by atoms with E-state index < -0.39 is 0 Å². The van der Waals surface area contributed by atoms with Crippen LogP contribution in [0.4, 0.5) is 4.79 Å². The molecule has 2 atom stereocenters. The number of benzene rings is 2. The lowest BCUT2D eigenvalue weighted by molar-refractivity contribution is 0.235. The van der Waals surface area contributed by atoms with Gasteiger partial charge in [-0.1, -0.05) is 68.4 Å². The Morgan fingerprint density at radius 2 is 1.54 bits per heavy atom. The van der Waals surface area contributed by atoms with Crippen molar-refractivity contribution in [2.45, 2.75) is 38.8 Å². The van der Waals surface area contributed by atoms with Crippen LogP contribution in [0, 0.1) is 0 Å². The predicted octanol–water partition coefficient (Wildman–Crippen LogP) is 4.69. The van der Waals surface area contributed by atoms with Gasteiger partial charge in [-0.25, -0.2) is 9.78 Å². The quantitative estimate of drug-likeness (QED) is 0.655. The maximum Gasteiger partial charge on any atom is 0.316 e. The third-order valence-electron chi connectivity index (χ3n) is 4.98. The standard InChI is InChI=1S/C23H28N4O/c1-16(2)18-10-12-19(13-11-18)17(3)25-23(28)26-21(20-8-6-5-7-9-20)22-24-14-15-27(22)4/h5-17,21H,1-4H3,(H2,25,26,28)/t17-,21-/m1/s1. The van der Waals surface area contributed by atoms with E-state index in [9.17, 15) is 4.79 Å². The van der Waals surface area contributed by atoms with E-state index in [1.165, 1.54) is 5.56 Å². The van der Waals surface area contributed by atoms with Crippen LogP contribution in [0.15, 0.2) is 67.0 Å². The van der Waals surface area contributed by atoms with Gasteiger partial charge in [0.05, 0.1) is 6.04 Å². The Bertz CT molecular complexity index is 900. The molecule has 0 unspecified atom stereocenters. The van der Waals surface area contributed by atoms with Crippen LogP contribution in [0.1, 0.15) is 61.3 Å². The van der Waals surface area contributed by atoms with E-state index in [-0.39, 0.29) is 18.1 Å². The number of nitrogens with zero attached hydrogens (tertiary/aromatic N) is 2. The first-order valence-electron chi connectivity index (χ1n) is 9.64. The van der Waals surface area contributed by atoms with Crippen LogP contribution in [-0.2, 0) is 7.05 Å². The molecule has 1 aromatic heterocycles. The van der Waals surface area contributed by atoms with E-state index >= 15 is 0 Å². The number of rotatable bonds is 6. The van der Waals surface area contributed by atoms with Crippen molar-refractivity contribution >= 4 is 6.03 Å². The highest BCUT2D eigenvalue weighted by atomic mass is 16.2. The lowest BCUT2D eigenvalue weighted by Crippen LogP contribution is -2.40. The van der Waals surface area contributed by atoms with Crippen molar-refractivity contribution in [3.8, 4) is 0 Å². The smallest absolute Gasteiger partial charge is 0.316 e. The molecule has 0 aliphatic rings. The molecular formula is C23H28N4O. The highest BCUT2D eigenvalue weighted by Crippen LogP contribution is 2.21. The molecule has 2 aromatic carbocycles. The molecule has 3 aromatic rings. The maximum atomic E-state index is 12.7. The molecule has 0 saturated carbocycles. The summed E-state index contributed by atoms with van der Waals surface area (Å²) in [6, 6.07) is 17.6. The number of carbonyl (C=O) groups excluding carboxylic acids is 1. The summed E-state index contributed by atoms with van der Waals surface area (Å²) in [5, 5.41) is 6.11. The molecule has 5 nitrogen and oxygen atoms in total. The van der Waals surface area contributed by atoms with Crippen molar-refractivity contribution in [1.82, 2.24) is 20.2 Å². The summed E-state index contributed by atoms with van der Waals surface area (Å²) in [4.78, 5) is 17.2. The normalized spacial score (nSPS) is 13.2. The minimum absolute atomic E-state index is 0.0981. The number of imidazole rings is 1. The van der Waals surface area contributed by atoms with Gasteiger partial charge < -0.3 is 15.2 Å². The molecule has 2 amide bonds. The number of aromatic nitrogens is 2. The van der Waals surface area contributed by atoms with E-state index in [0.717, 1.165) is 17.0 Å². The summed E-state index contributed by atoms with van der Waals surface area (Å²) < 4.78 is 1.92. The second kappa shape index (κ2) is 8.74. The Kier molecular flexibility index (Phi) is 6.14. The van der Waals surface area contributed by atoms with Gasteiger partial charge in [0.15, 0.2) is 0 Å². The second-order valence-electron chi connectivity index (χ2n) is 7.40. The average Bonchev–Trinajstić information content (AvgIpc) is 3.12. The zero-order chi connectivity index (χ0) is 20.1. The van der Waals surface area contributed by atoms with Gasteiger partial charge in [0, 0.05) is 19.4 Å². The van der Waals surface area contributed by atoms with E-state index in [0.29, 0.717) is 5.92 Å². The monoisotopic (exact) mass is 376 g/mol.